The Morgan fingerprint density at radius 2 is 1.89 bits per heavy atom. The van der Waals surface area contributed by atoms with Gasteiger partial charge >= 0.3 is 6.09 Å². The lowest BCUT2D eigenvalue weighted by Gasteiger charge is -2.21. The van der Waals surface area contributed by atoms with Gasteiger partial charge in [0.15, 0.2) is 0 Å². The van der Waals surface area contributed by atoms with Crippen molar-refractivity contribution in [2.24, 2.45) is 0 Å². The van der Waals surface area contributed by atoms with E-state index in [1.165, 1.54) is 0 Å². The van der Waals surface area contributed by atoms with Crippen molar-refractivity contribution < 1.29 is 9.53 Å². The van der Waals surface area contributed by atoms with Crippen molar-refractivity contribution in [3.63, 3.8) is 0 Å². The largest absolute Gasteiger partial charge is 0.444 e. The summed E-state index contributed by atoms with van der Waals surface area (Å²) in [6, 6.07) is -0.100. The fraction of sp³-hybridized carbons (Fsp3) is 0.786. The van der Waals surface area contributed by atoms with Crippen LogP contribution in [0.1, 0.15) is 40.5 Å². The molecule has 1 amide bonds. The third-order valence-electron chi connectivity index (χ3n) is 1.89. The molecule has 18 heavy (non-hydrogen) atoms. The van der Waals surface area contributed by atoms with Crippen molar-refractivity contribution in [2.75, 3.05) is 0 Å². The van der Waals surface area contributed by atoms with Crippen LogP contribution in [0.3, 0.4) is 0 Å². The second-order valence-corrected chi connectivity index (χ2v) is 11.3. The standard InChI is InChI=1S/C14H27NO2Si/c1-8-9-12(10-11-18(5,6)7)15-13(16)17-14(2,3)4/h12H,8-9H2,1-7H3,(H,15,16)/t12-/m1/s1. The monoisotopic (exact) mass is 269 g/mol. The first-order valence-corrected chi connectivity index (χ1v) is 10.1. The van der Waals surface area contributed by atoms with Crippen molar-refractivity contribution >= 4 is 14.2 Å². The minimum Gasteiger partial charge on any atom is -0.444 e. The van der Waals surface area contributed by atoms with E-state index in [-0.39, 0.29) is 12.1 Å². The molecule has 0 fully saturated rings. The molecule has 4 heteroatoms. The maximum absolute atomic E-state index is 11.7. The lowest BCUT2D eigenvalue weighted by molar-refractivity contribution is 0.0514. The van der Waals surface area contributed by atoms with Gasteiger partial charge in [0, 0.05) is 0 Å². The van der Waals surface area contributed by atoms with Crippen LogP contribution in [0.4, 0.5) is 4.79 Å². The van der Waals surface area contributed by atoms with Gasteiger partial charge in [0.2, 0.25) is 0 Å². The number of ether oxygens (including phenoxy) is 1. The Kier molecular flexibility index (Phi) is 6.48. The zero-order chi connectivity index (χ0) is 14.4. The molecule has 0 aliphatic heterocycles. The van der Waals surface area contributed by atoms with Crippen molar-refractivity contribution in [1.82, 2.24) is 5.32 Å². The number of carbonyl (C=O) groups excluding carboxylic acids is 1. The molecule has 1 atom stereocenters. The first-order valence-electron chi connectivity index (χ1n) is 6.56. The summed E-state index contributed by atoms with van der Waals surface area (Å²) in [7, 11) is -1.40. The summed E-state index contributed by atoms with van der Waals surface area (Å²) in [6.07, 6.45) is 1.46. The number of nitrogens with one attached hydrogen (secondary N) is 1. The van der Waals surface area contributed by atoms with Crippen LogP contribution < -0.4 is 5.32 Å². The average Bonchev–Trinajstić information content (AvgIpc) is 2.10. The van der Waals surface area contributed by atoms with E-state index in [1.807, 2.05) is 20.8 Å². The number of hydrogen-bond acceptors (Lipinski definition) is 2. The van der Waals surface area contributed by atoms with Gasteiger partial charge in [-0.2, -0.15) is 0 Å². The molecule has 0 aliphatic rings. The molecule has 0 spiro atoms. The number of rotatable bonds is 3. The van der Waals surface area contributed by atoms with Crippen LogP contribution in [0.15, 0.2) is 0 Å². The normalized spacial score (nSPS) is 13.3. The Hall–Kier alpha value is -0.953. The minimum atomic E-state index is -1.40. The molecular weight excluding hydrogens is 242 g/mol. The summed E-state index contributed by atoms with van der Waals surface area (Å²) in [5.74, 6) is 3.18. The number of hydrogen-bond donors (Lipinski definition) is 1. The maximum Gasteiger partial charge on any atom is 0.408 e. The average molecular weight is 269 g/mol. The van der Waals surface area contributed by atoms with Crippen LogP contribution in [0, 0.1) is 11.5 Å². The Morgan fingerprint density at radius 3 is 2.28 bits per heavy atom. The van der Waals surface area contributed by atoms with Gasteiger partial charge in [0.25, 0.3) is 0 Å². The highest BCUT2D eigenvalue weighted by atomic mass is 28.3. The highest BCUT2D eigenvalue weighted by Crippen LogP contribution is 2.07. The van der Waals surface area contributed by atoms with E-state index >= 15 is 0 Å². The van der Waals surface area contributed by atoms with Gasteiger partial charge in [-0.15, -0.1) is 5.54 Å². The molecule has 0 saturated carbocycles. The molecule has 3 nitrogen and oxygen atoms in total. The molecule has 0 bridgehead atoms. The topological polar surface area (TPSA) is 38.3 Å². The molecule has 0 rings (SSSR count). The molecule has 0 saturated heterocycles. The second-order valence-electron chi connectivity index (χ2n) is 6.51. The Bertz CT molecular complexity index is 328. The zero-order valence-corrected chi connectivity index (χ0v) is 13.8. The number of alkyl carbamates (subject to hydrolysis) is 1. The predicted octanol–water partition coefficient (Wildman–Crippen LogP) is 3.56. The molecule has 104 valence electrons. The van der Waals surface area contributed by atoms with E-state index in [0.717, 1.165) is 12.8 Å². The van der Waals surface area contributed by atoms with E-state index < -0.39 is 13.7 Å². The fourth-order valence-electron chi connectivity index (χ4n) is 1.22. The third-order valence-corrected chi connectivity index (χ3v) is 2.78. The smallest absolute Gasteiger partial charge is 0.408 e. The first-order chi connectivity index (χ1) is 8.03. The minimum absolute atomic E-state index is 0.100. The van der Waals surface area contributed by atoms with Crippen LogP contribution in [0.2, 0.25) is 19.6 Å². The number of carbonyl (C=O) groups is 1. The molecule has 0 heterocycles. The van der Waals surface area contributed by atoms with E-state index in [1.54, 1.807) is 0 Å². The van der Waals surface area contributed by atoms with Crippen molar-refractivity contribution in [1.29, 1.82) is 0 Å². The van der Waals surface area contributed by atoms with Crippen LogP contribution in [0.25, 0.3) is 0 Å². The highest BCUT2D eigenvalue weighted by molar-refractivity contribution is 6.83. The van der Waals surface area contributed by atoms with Crippen LogP contribution in [-0.4, -0.2) is 25.8 Å². The van der Waals surface area contributed by atoms with Gasteiger partial charge < -0.3 is 10.1 Å². The van der Waals surface area contributed by atoms with Crippen molar-refractivity contribution in [2.45, 2.75) is 71.8 Å². The Morgan fingerprint density at radius 1 is 1.33 bits per heavy atom. The van der Waals surface area contributed by atoms with Gasteiger partial charge in [0.05, 0.1) is 6.04 Å². The SMILES string of the molecule is CCC[C@H](C#C[Si](C)(C)C)NC(=O)OC(C)(C)C. The predicted molar refractivity (Wildman–Crippen MR) is 79.2 cm³/mol. The van der Waals surface area contributed by atoms with Gasteiger partial charge in [-0.1, -0.05) is 38.9 Å². The molecule has 0 aliphatic carbocycles. The second kappa shape index (κ2) is 6.84. The molecule has 0 aromatic carbocycles. The Labute approximate surface area is 113 Å². The molecule has 0 radical (unpaired) electrons. The van der Waals surface area contributed by atoms with Crippen LogP contribution >= 0.6 is 0 Å². The van der Waals surface area contributed by atoms with Crippen molar-refractivity contribution in [3.8, 4) is 11.5 Å². The lowest BCUT2D eigenvalue weighted by Crippen LogP contribution is -2.38. The quantitative estimate of drug-likeness (QED) is 0.628. The van der Waals surface area contributed by atoms with E-state index in [4.69, 9.17) is 4.74 Å². The lowest BCUT2D eigenvalue weighted by atomic mass is 10.2. The van der Waals surface area contributed by atoms with Crippen LogP contribution in [-0.2, 0) is 4.74 Å². The van der Waals surface area contributed by atoms with Gasteiger partial charge in [-0.25, -0.2) is 4.79 Å². The van der Waals surface area contributed by atoms with Crippen LogP contribution in [0.5, 0.6) is 0 Å². The van der Waals surface area contributed by atoms with Gasteiger partial charge in [-0.05, 0) is 27.2 Å². The maximum atomic E-state index is 11.7. The third kappa shape index (κ3) is 10.2. The molecule has 0 aromatic rings. The molecule has 0 aromatic heterocycles. The molecular formula is C14H27NO2Si. The van der Waals surface area contributed by atoms with E-state index in [0.29, 0.717) is 0 Å². The number of amides is 1. The summed E-state index contributed by atoms with van der Waals surface area (Å²) in [6.45, 7) is 14.2. The molecule has 0 unspecified atom stereocenters. The van der Waals surface area contributed by atoms with E-state index in [2.05, 4.69) is 43.3 Å². The summed E-state index contributed by atoms with van der Waals surface area (Å²) in [4.78, 5) is 11.7. The summed E-state index contributed by atoms with van der Waals surface area (Å²) in [5.41, 5.74) is 2.83. The van der Waals surface area contributed by atoms with Crippen molar-refractivity contribution in [3.05, 3.63) is 0 Å². The first kappa shape index (κ1) is 17.0. The summed E-state index contributed by atoms with van der Waals surface area (Å²) >= 11 is 0. The van der Waals surface area contributed by atoms with Gasteiger partial charge in [0.1, 0.15) is 13.7 Å². The molecule has 1 N–H and O–H groups in total. The summed E-state index contributed by atoms with van der Waals surface area (Å²) < 4.78 is 5.24. The Balaban J connectivity index is 4.53. The summed E-state index contributed by atoms with van der Waals surface area (Å²) in [5, 5.41) is 2.83. The van der Waals surface area contributed by atoms with Gasteiger partial charge in [-0.3, -0.25) is 0 Å². The zero-order valence-electron chi connectivity index (χ0n) is 12.8. The highest BCUT2D eigenvalue weighted by Gasteiger charge is 2.18. The fourth-order valence-corrected chi connectivity index (χ4v) is 1.83. The van der Waals surface area contributed by atoms with E-state index in [9.17, 15) is 4.79 Å².